The van der Waals surface area contributed by atoms with Gasteiger partial charge in [0, 0.05) is 37.2 Å². The molecule has 0 aliphatic heterocycles. The highest BCUT2D eigenvalue weighted by molar-refractivity contribution is 5.76. The third kappa shape index (κ3) is 3.07. The second kappa shape index (κ2) is 6.92. The SMILES string of the molecule is c1cnc(-c2cc(-c3cccc(-c4c[nH]c(-c5ncccn5)c4)c3)c[nH]2)nc1. The first-order chi connectivity index (χ1) is 13.9. The van der Waals surface area contributed by atoms with Crippen molar-refractivity contribution >= 4 is 0 Å². The van der Waals surface area contributed by atoms with Crippen LogP contribution in [0.3, 0.4) is 0 Å². The summed E-state index contributed by atoms with van der Waals surface area (Å²) in [6, 6.07) is 16.2. The van der Waals surface area contributed by atoms with E-state index in [9.17, 15) is 0 Å². The van der Waals surface area contributed by atoms with Gasteiger partial charge in [-0.1, -0.05) is 18.2 Å². The van der Waals surface area contributed by atoms with Gasteiger partial charge in [-0.2, -0.15) is 0 Å². The van der Waals surface area contributed by atoms with Crippen LogP contribution in [0.2, 0.25) is 0 Å². The number of benzene rings is 1. The van der Waals surface area contributed by atoms with Gasteiger partial charge in [0.25, 0.3) is 0 Å². The molecule has 28 heavy (non-hydrogen) atoms. The van der Waals surface area contributed by atoms with Gasteiger partial charge in [0.1, 0.15) is 0 Å². The average molecular weight is 364 g/mol. The van der Waals surface area contributed by atoms with Gasteiger partial charge in [-0.25, -0.2) is 19.9 Å². The fraction of sp³-hybridized carbons (Fsp3) is 0. The van der Waals surface area contributed by atoms with Gasteiger partial charge >= 0.3 is 0 Å². The lowest BCUT2D eigenvalue weighted by Crippen LogP contribution is -1.85. The summed E-state index contributed by atoms with van der Waals surface area (Å²) in [6.07, 6.45) is 10.9. The molecule has 0 fully saturated rings. The maximum Gasteiger partial charge on any atom is 0.175 e. The first-order valence-electron chi connectivity index (χ1n) is 8.89. The Hall–Kier alpha value is -4.06. The third-order valence-electron chi connectivity index (χ3n) is 4.51. The third-order valence-corrected chi connectivity index (χ3v) is 4.51. The largest absolute Gasteiger partial charge is 0.358 e. The minimum atomic E-state index is 0.683. The molecule has 5 rings (SSSR count). The zero-order valence-corrected chi connectivity index (χ0v) is 14.9. The van der Waals surface area contributed by atoms with Crippen LogP contribution in [-0.2, 0) is 0 Å². The molecule has 1 aromatic carbocycles. The first-order valence-corrected chi connectivity index (χ1v) is 8.89. The summed E-state index contributed by atoms with van der Waals surface area (Å²) in [4.78, 5) is 23.7. The molecule has 4 aromatic heterocycles. The highest BCUT2D eigenvalue weighted by atomic mass is 14.9. The van der Waals surface area contributed by atoms with Crippen molar-refractivity contribution in [1.29, 1.82) is 0 Å². The molecule has 6 heteroatoms. The topological polar surface area (TPSA) is 83.1 Å². The Morgan fingerprint density at radius 1 is 0.500 bits per heavy atom. The summed E-state index contributed by atoms with van der Waals surface area (Å²) < 4.78 is 0. The van der Waals surface area contributed by atoms with Crippen molar-refractivity contribution in [2.75, 3.05) is 0 Å². The molecule has 6 nitrogen and oxygen atoms in total. The Balaban J connectivity index is 1.46. The average Bonchev–Trinajstić information content (AvgIpc) is 3.46. The maximum atomic E-state index is 4.29. The molecule has 5 aromatic rings. The maximum absolute atomic E-state index is 4.29. The molecule has 4 heterocycles. The molecule has 0 unspecified atom stereocenters. The van der Waals surface area contributed by atoms with E-state index < -0.39 is 0 Å². The molecular weight excluding hydrogens is 348 g/mol. The molecule has 0 aliphatic rings. The smallest absolute Gasteiger partial charge is 0.175 e. The molecule has 0 saturated carbocycles. The van der Waals surface area contributed by atoms with Crippen LogP contribution in [0, 0.1) is 0 Å². The van der Waals surface area contributed by atoms with E-state index in [0.717, 1.165) is 33.6 Å². The van der Waals surface area contributed by atoms with E-state index in [1.807, 2.05) is 24.5 Å². The van der Waals surface area contributed by atoms with Crippen molar-refractivity contribution in [2.45, 2.75) is 0 Å². The van der Waals surface area contributed by atoms with Gasteiger partial charge in [0.15, 0.2) is 11.6 Å². The predicted octanol–water partition coefficient (Wildman–Crippen LogP) is 4.59. The van der Waals surface area contributed by atoms with Crippen molar-refractivity contribution in [3.8, 4) is 45.3 Å². The highest BCUT2D eigenvalue weighted by Crippen LogP contribution is 2.30. The van der Waals surface area contributed by atoms with Gasteiger partial charge in [-0.3, -0.25) is 0 Å². The zero-order valence-electron chi connectivity index (χ0n) is 14.9. The summed E-state index contributed by atoms with van der Waals surface area (Å²) in [5.74, 6) is 1.37. The van der Waals surface area contributed by atoms with E-state index >= 15 is 0 Å². The minimum absolute atomic E-state index is 0.683. The van der Waals surface area contributed by atoms with Crippen LogP contribution in [0.15, 0.2) is 85.7 Å². The summed E-state index contributed by atoms with van der Waals surface area (Å²) in [5.41, 5.74) is 6.21. The van der Waals surface area contributed by atoms with Crippen molar-refractivity contribution < 1.29 is 0 Å². The minimum Gasteiger partial charge on any atom is -0.358 e. The van der Waals surface area contributed by atoms with Crippen molar-refractivity contribution in [1.82, 2.24) is 29.9 Å². The lowest BCUT2D eigenvalue weighted by Gasteiger charge is -2.02. The van der Waals surface area contributed by atoms with Crippen LogP contribution in [0.1, 0.15) is 0 Å². The van der Waals surface area contributed by atoms with Gasteiger partial charge in [0.2, 0.25) is 0 Å². The predicted molar refractivity (Wildman–Crippen MR) is 108 cm³/mol. The Morgan fingerprint density at radius 2 is 0.964 bits per heavy atom. The lowest BCUT2D eigenvalue weighted by molar-refractivity contribution is 1.15. The molecular formula is C22H16N6. The second-order valence-electron chi connectivity index (χ2n) is 6.33. The molecule has 0 amide bonds. The standard InChI is InChI=1S/C22H16N6/c1-4-15(17-11-19(27-13-17)21-23-6-2-7-24-21)10-16(5-1)18-12-20(28-14-18)22-25-8-3-9-26-22/h1-14,27-28H. The van der Waals surface area contributed by atoms with Gasteiger partial charge < -0.3 is 9.97 Å². The van der Waals surface area contributed by atoms with Crippen LogP contribution in [0.5, 0.6) is 0 Å². The van der Waals surface area contributed by atoms with Crippen LogP contribution >= 0.6 is 0 Å². The van der Waals surface area contributed by atoms with Crippen LogP contribution < -0.4 is 0 Å². The summed E-state index contributed by atoms with van der Waals surface area (Å²) in [6.45, 7) is 0. The number of aromatic nitrogens is 6. The van der Waals surface area contributed by atoms with Gasteiger partial charge in [-0.05, 0) is 52.6 Å². The Kier molecular flexibility index (Phi) is 3.99. The number of aromatic amines is 2. The van der Waals surface area contributed by atoms with Crippen LogP contribution in [0.25, 0.3) is 45.3 Å². The highest BCUT2D eigenvalue weighted by Gasteiger charge is 2.09. The monoisotopic (exact) mass is 364 g/mol. The molecule has 0 atom stereocenters. The first kappa shape index (κ1) is 16.1. The lowest BCUT2D eigenvalue weighted by atomic mass is 10.0. The fourth-order valence-electron chi connectivity index (χ4n) is 3.13. The van der Waals surface area contributed by atoms with E-state index in [4.69, 9.17) is 0 Å². The molecule has 0 spiro atoms. The van der Waals surface area contributed by atoms with Gasteiger partial charge in [-0.15, -0.1) is 0 Å². The fourth-order valence-corrected chi connectivity index (χ4v) is 3.13. The number of hydrogen-bond donors (Lipinski definition) is 2. The van der Waals surface area contributed by atoms with Gasteiger partial charge in [0.05, 0.1) is 11.4 Å². The Bertz CT molecular complexity index is 1120. The van der Waals surface area contributed by atoms with Crippen molar-refractivity contribution in [3.05, 3.63) is 85.7 Å². The number of H-pyrrole nitrogens is 2. The number of nitrogens with zero attached hydrogens (tertiary/aromatic N) is 4. The molecule has 0 bridgehead atoms. The Morgan fingerprint density at radius 3 is 1.43 bits per heavy atom. The number of rotatable bonds is 4. The molecule has 134 valence electrons. The van der Waals surface area contributed by atoms with Crippen LogP contribution in [-0.4, -0.2) is 29.9 Å². The quantitative estimate of drug-likeness (QED) is 0.488. The second-order valence-corrected chi connectivity index (χ2v) is 6.33. The van der Waals surface area contributed by atoms with E-state index in [2.05, 4.69) is 66.3 Å². The molecule has 0 radical (unpaired) electrons. The van der Waals surface area contributed by atoms with E-state index in [1.165, 1.54) is 0 Å². The van der Waals surface area contributed by atoms with Crippen LogP contribution in [0.4, 0.5) is 0 Å². The number of hydrogen-bond acceptors (Lipinski definition) is 4. The Labute approximate surface area is 161 Å². The van der Waals surface area contributed by atoms with E-state index in [1.54, 1.807) is 24.8 Å². The van der Waals surface area contributed by atoms with Crippen molar-refractivity contribution in [3.63, 3.8) is 0 Å². The van der Waals surface area contributed by atoms with Crippen molar-refractivity contribution in [2.24, 2.45) is 0 Å². The molecule has 0 saturated heterocycles. The number of nitrogens with one attached hydrogen (secondary N) is 2. The van der Waals surface area contributed by atoms with E-state index in [0.29, 0.717) is 11.6 Å². The van der Waals surface area contributed by atoms with E-state index in [-0.39, 0.29) is 0 Å². The molecule has 2 N–H and O–H groups in total. The summed E-state index contributed by atoms with van der Waals surface area (Å²) in [7, 11) is 0. The summed E-state index contributed by atoms with van der Waals surface area (Å²) >= 11 is 0. The normalized spacial score (nSPS) is 10.9. The zero-order chi connectivity index (χ0) is 18.8. The molecule has 0 aliphatic carbocycles. The summed E-state index contributed by atoms with van der Waals surface area (Å²) in [5, 5.41) is 0.